The fourth-order valence-corrected chi connectivity index (χ4v) is 1.90. The van der Waals surface area contributed by atoms with Crippen molar-refractivity contribution in [2.45, 2.75) is 38.4 Å². The highest BCUT2D eigenvalue weighted by Gasteiger charge is 2.12. The second kappa shape index (κ2) is 7.83. The van der Waals surface area contributed by atoms with Gasteiger partial charge in [-0.1, -0.05) is 18.7 Å². The zero-order chi connectivity index (χ0) is 14.3. The summed E-state index contributed by atoms with van der Waals surface area (Å²) in [6.07, 6.45) is 2.30. The summed E-state index contributed by atoms with van der Waals surface area (Å²) in [6, 6.07) is 0.166. The van der Waals surface area contributed by atoms with Gasteiger partial charge in [0, 0.05) is 6.04 Å². The van der Waals surface area contributed by atoms with E-state index in [1.54, 1.807) is 6.92 Å². The zero-order valence-corrected chi connectivity index (χ0v) is 12.2. The molecule has 0 fully saturated rings. The monoisotopic (exact) mass is 285 g/mol. The second-order valence-electron chi connectivity index (χ2n) is 3.99. The third-order valence-electron chi connectivity index (χ3n) is 2.41. The topological polar surface area (TPSA) is 84.1 Å². The van der Waals surface area contributed by atoms with E-state index in [4.69, 9.17) is 4.74 Å². The Labute approximate surface area is 116 Å². The van der Waals surface area contributed by atoms with Gasteiger partial charge in [0.05, 0.1) is 18.6 Å². The Kier molecular flexibility index (Phi) is 6.41. The van der Waals surface area contributed by atoms with Gasteiger partial charge in [0.15, 0.2) is 5.16 Å². The largest absolute Gasteiger partial charge is 0.461 e. The number of esters is 1. The SMILES string of the molecule is CCOC(=O)c1cnc(SCC(=O)NC(C)CC)[nH]1. The van der Waals surface area contributed by atoms with Gasteiger partial charge in [-0.25, -0.2) is 9.78 Å². The molecule has 1 rings (SSSR count). The second-order valence-corrected chi connectivity index (χ2v) is 4.95. The van der Waals surface area contributed by atoms with Crippen LogP contribution in [-0.4, -0.2) is 40.2 Å². The maximum atomic E-state index is 11.6. The highest BCUT2D eigenvalue weighted by Crippen LogP contribution is 2.13. The molecule has 0 aliphatic carbocycles. The Morgan fingerprint density at radius 3 is 2.89 bits per heavy atom. The van der Waals surface area contributed by atoms with Crippen LogP contribution in [0.1, 0.15) is 37.7 Å². The van der Waals surface area contributed by atoms with E-state index >= 15 is 0 Å². The van der Waals surface area contributed by atoms with Crippen LogP contribution in [0.2, 0.25) is 0 Å². The number of amides is 1. The van der Waals surface area contributed by atoms with Gasteiger partial charge in [0.25, 0.3) is 0 Å². The summed E-state index contributed by atoms with van der Waals surface area (Å²) in [5, 5.41) is 3.39. The molecular formula is C12H19N3O3S. The quantitative estimate of drug-likeness (QED) is 0.587. The van der Waals surface area contributed by atoms with Gasteiger partial charge in [0.2, 0.25) is 5.91 Å². The number of ether oxygens (including phenoxy) is 1. The number of H-pyrrole nitrogens is 1. The molecule has 7 heteroatoms. The maximum absolute atomic E-state index is 11.6. The standard InChI is InChI=1S/C12H19N3O3S/c1-4-8(3)14-10(16)7-19-12-13-6-9(15-12)11(17)18-5-2/h6,8H,4-5,7H2,1-3H3,(H,13,15)(H,14,16). The lowest BCUT2D eigenvalue weighted by molar-refractivity contribution is -0.119. The molecule has 1 aromatic rings. The molecule has 0 aromatic carbocycles. The first-order chi connectivity index (χ1) is 9.06. The highest BCUT2D eigenvalue weighted by molar-refractivity contribution is 7.99. The molecule has 2 N–H and O–H groups in total. The van der Waals surface area contributed by atoms with Crippen LogP contribution in [0.3, 0.4) is 0 Å². The third kappa shape index (κ3) is 5.34. The first-order valence-corrected chi connectivity index (χ1v) is 7.19. The lowest BCUT2D eigenvalue weighted by Gasteiger charge is -2.10. The summed E-state index contributed by atoms with van der Waals surface area (Å²) in [5.74, 6) is -0.223. The van der Waals surface area contributed by atoms with Gasteiger partial charge in [-0.05, 0) is 20.3 Å². The molecule has 0 bridgehead atoms. The molecule has 0 aliphatic heterocycles. The van der Waals surface area contributed by atoms with Gasteiger partial charge in [-0.15, -0.1) is 0 Å². The minimum absolute atomic E-state index is 0.0477. The fourth-order valence-electron chi connectivity index (χ4n) is 1.24. The van der Waals surface area contributed by atoms with E-state index in [1.807, 2.05) is 13.8 Å². The van der Waals surface area contributed by atoms with Gasteiger partial charge >= 0.3 is 5.97 Å². The minimum atomic E-state index is -0.439. The molecule has 106 valence electrons. The molecule has 1 amide bonds. The average molecular weight is 285 g/mol. The van der Waals surface area contributed by atoms with Crippen LogP contribution in [0.5, 0.6) is 0 Å². The van der Waals surface area contributed by atoms with Gasteiger partial charge in [0.1, 0.15) is 5.69 Å². The molecule has 0 saturated carbocycles. The Hall–Kier alpha value is -1.50. The summed E-state index contributed by atoms with van der Waals surface area (Å²) in [6.45, 7) is 6.02. The summed E-state index contributed by atoms with van der Waals surface area (Å²) < 4.78 is 4.84. The van der Waals surface area contributed by atoms with Crippen LogP contribution >= 0.6 is 11.8 Å². The van der Waals surface area contributed by atoms with Crippen LogP contribution in [0, 0.1) is 0 Å². The van der Waals surface area contributed by atoms with Crippen molar-refractivity contribution in [3.8, 4) is 0 Å². The summed E-state index contributed by atoms with van der Waals surface area (Å²) in [4.78, 5) is 29.8. The van der Waals surface area contributed by atoms with Crippen molar-refractivity contribution in [3.05, 3.63) is 11.9 Å². The van der Waals surface area contributed by atoms with Crippen LogP contribution in [0.15, 0.2) is 11.4 Å². The number of carbonyl (C=O) groups is 2. The Balaban J connectivity index is 2.42. The van der Waals surface area contributed by atoms with Crippen LogP contribution < -0.4 is 5.32 Å². The van der Waals surface area contributed by atoms with Crippen LogP contribution in [0.4, 0.5) is 0 Å². The van der Waals surface area contributed by atoms with Crippen molar-refractivity contribution in [1.82, 2.24) is 15.3 Å². The van der Waals surface area contributed by atoms with Gasteiger partial charge in [-0.3, -0.25) is 4.79 Å². The first-order valence-electron chi connectivity index (χ1n) is 6.21. The number of nitrogens with zero attached hydrogens (tertiary/aromatic N) is 1. The molecular weight excluding hydrogens is 266 g/mol. The number of aromatic nitrogens is 2. The van der Waals surface area contributed by atoms with E-state index in [-0.39, 0.29) is 17.7 Å². The van der Waals surface area contributed by atoms with E-state index in [0.717, 1.165) is 6.42 Å². The highest BCUT2D eigenvalue weighted by atomic mass is 32.2. The van der Waals surface area contributed by atoms with Gasteiger partial charge < -0.3 is 15.0 Å². The molecule has 19 heavy (non-hydrogen) atoms. The predicted molar refractivity (Wildman–Crippen MR) is 73.2 cm³/mol. The smallest absolute Gasteiger partial charge is 0.356 e. The molecule has 1 aromatic heterocycles. The van der Waals surface area contributed by atoms with E-state index < -0.39 is 5.97 Å². The number of imidazole rings is 1. The van der Waals surface area contributed by atoms with Crippen molar-refractivity contribution in [2.75, 3.05) is 12.4 Å². The van der Waals surface area contributed by atoms with E-state index in [9.17, 15) is 9.59 Å². The Morgan fingerprint density at radius 1 is 1.53 bits per heavy atom. The van der Waals surface area contributed by atoms with Crippen molar-refractivity contribution >= 4 is 23.6 Å². The molecule has 0 spiro atoms. The third-order valence-corrected chi connectivity index (χ3v) is 3.30. The molecule has 1 unspecified atom stereocenters. The van der Waals surface area contributed by atoms with Gasteiger partial charge in [-0.2, -0.15) is 0 Å². The molecule has 6 nitrogen and oxygen atoms in total. The lowest BCUT2D eigenvalue weighted by atomic mass is 10.3. The van der Waals surface area contributed by atoms with E-state index in [0.29, 0.717) is 17.5 Å². The molecule has 1 heterocycles. The molecule has 0 saturated heterocycles. The fraction of sp³-hybridized carbons (Fsp3) is 0.583. The Morgan fingerprint density at radius 2 is 2.26 bits per heavy atom. The maximum Gasteiger partial charge on any atom is 0.356 e. The first kappa shape index (κ1) is 15.6. The summed E-state index contributed by atoms with van der Waals surface area (Å²) in [5.41, 5.74) is 0.298. The normalized spacial score (nSPS) is 11.9. The average Bonchev–Trinajstić information content (AvgIpc) is 2.85. The van der Waals surface area contributed by atoms with E-state index in [1.165, 1.54) is 18.0 Å². The number of rotatable bonds is 7. The number of aromatic amines is 1. The molecule has 0 radical (unpaired) electrons. The number of hydrogen-bond acceptors (Lipinski definition) is 5. The van der Waals surface area contributed by atoms with Crippen molar-refractivity contribution in [3.63, 3.8) is 0 Å². The van der Waals surface area contributed by atoms with E-state index in [2.05, 4.69) is 15.3 Å². The molecule has 1 atom stereocenters. The number of thioether (sulfide) groups is 1. The van der Waals surface area contributed by atoms with Crippen LogP contribution in [-0.2, 0) is 9.53 Å². The molecule has 0 aliphatic rings. The summed E-state index contributed by atoms with van der Waals surface area (Å²) >= 11 is 1.25. The minimum Gasteiger partial charge on any atom is -0.461 e. The number of carbonyl (C=O) groups excluding carboxylic acids is 2. The number of hydrogen-bond donors (Lipinski definition) is 2. The van der Waals surface area contributed by atoms with Crippen LogP contribution in [0.25, 0.3) is 0 Å². The van der Waals surface area contributed by atoms with Crippen molar-refractivity contribution < 1.29 is 14.3 Å². The lowest BCUT2D eigenvalue weighted by Crippen LogP contribution is -2.33. The Bertz CT molecular complexity index is 434. The summed E-state index contributed by atoms with van der Waals surface area (Å²) in [7, 11) is 0. The van der Waals surface area contributed by atoms with Crippen molar-refractivity contribution in [2.24, 2.45) is 0 Å². The predicted octanol–water partition coefficient (Wildman–Crippen LogP) is 1.59. The van der Waals surface area contributed by atoms with Crippen molar-refractivity contribution in [1.29, 1.82) is 0 Å². The zero-order valence-electron chi connectivity index (χ0n) is 11.4. The number of nitrogens with one attached hydrogen (secondary N) is 2.